The predicted octanol–water partition coefficient (Wildman–Crippen LogP) is 37.2. The van der Waals surface area contributed by atoms with E-state index in [1.165, 1.54) is 273 Å². The van der Waals surface area contributed by atoms with E-state index >= 15 is 0 Å². The van der Waals surface area contributed by atoms with E-state index < -0.39 is 16.1 Å². The normalized spacial score (nSPS) is 12.0. The highest BCUT2D eigenvalue weighted by molar-refractivity contribution is 6.91. The topological polar surface area (TPSA) is 0 Å². The van der Waals surface area contributed by atoms with Gasteiger partial charge in [0.25, 0.3) is 0 Å². The lowest BCUT2D eigenvalue weighted by Crippen LogP contribution is -2.38. The molecule has 0 spiro atoms. The van der Waals surface area contributed by atoms with Crippen molar-refractivity contribution in [2.24, 2.45) is 0 Å². The highest BCUT2D eigenvalue weighted by atomic mass is 28.3. The Morgan fingerprint density at radius 1 is 0.110 bits per heavy atom. The quantitative estimate of drug-likeness (QED) is 0.0752. The van der Waals surface area contributed by atoms with Crippen molar-refractivity contribution < 1.29 is 0 Å². The van der Waals surface area contributed by atoms with Crippen molar-refractivity contribution in [1.82, 2.24) is 0 Å². The molecule has 0 nitrogen and oxygen atoms in total. The van der Waals surface area contributed by atoms with E-state index in [1.807, 2.05) is 0 Å². The molecule has 640 valence electrons. The summed E-state index contributed by atoms with van der Waals surface area (Å²) in [5, 5.41) is 33.9. The number of rotatable bonds is 14. The fourth-order valence-corrected chi connectivity index (χ4v) is 25.5. The highest BCUT2D eigenvalue weighted by Gasteiger charge is 2.29. The van der Waals surface area contributed by atoms with Crippen LogP contribution < -0.4 is 10.4 Å². The maximum Gasteiger partial charge on any atom is 0.0784 e. The maximum absolute atomic E-state index is 2.51. The minimum Gasteiger partial charge on any atom is -0.0656 e. The van der Waals surface area contributed by atoms with Gasteiger partial charge < -0.3 is 0 Å². The fourth-order valence-electron chi connectivity index (χ4n) is 22.3. The SMILES string of the molecule is C[Si](C)(C)c1ccc(-c2cc(-c3ccc(-c4ccc5ccccc5c4)cc3)c3ccc4c(-c5ccc([Si](C)(C)C)c6ccccc56)cc(-c5ccc(-c6ccc7ccccc7c6)cc5)c5ccc2c3c54)c2ccccc12.c1ccc(-c2cc(-c3ccc(-c4ccc5ccccc5c4)cc3)c3ccc4c(-c5ccccc5)cc(-c5ccc(-c6ccc7ccccc7c6)cc5)c5ccc2c3c45)cc1. The second kappa shape index (κ2) is 32.9. The molecule has 0 aliphatic carbocycles. The Morgan fingerprint density at radius 2 is 0.301 bits per heavy atom. The zero-order chi connectivity index (χ0) is 91.0. The van der Waals surface area contributed by atoms with Gasteiger partial charge in [0.2, 0.25) is 0 Å². The summed E-state index contributed by atoms with van der Waals surface area (Å²) >= 11 is 0. The van der Waals surface area contributed by atoms with E-state index in [0.717, 1.165) is 0 Å². The van der Waals surface area contributed by atoms with Gasteiger partial charge in [-0.25, -0.2) is 0 Å². The molecule has 0 amide bonds. The summed E-state index contributed by atoms with van der Waals surface area (Å²) in [6.07, 6.45) is 0. The third-order valence-corrected chi connectivity index (χ3v) is 33.2. The number of fused-ring (bicyclic) bond motifs is 6. The van der Waals surface area contributed by atoms with Gasteiger partial charge >= 0.3 is 0 Å². The van der Waals surface area contributed by atoms with Crippen molar-refractivity contribution in [3.8, 4) is 134 Å². The van der Waals surface area contributed by atoms with Crippen LogP contribution in [0.1, 0.15) is 0 Å². The Balaban J connectivity index is 0.000000149. The molecule has 136 heavy (non-hydrogen) atoms. The number of hydrogen-bond acceptors (Lipinski definition) is 0. The van der Waals surface area contributed by atoms with Gasteiger partial charge in [0.1, 0.15) is 0 Å². The minimum absolute atomic E-state index is 1.21. The van der Waals surface area contributed by atoms with Crippen molar-refractivity contribution in [2.45, 2.75) is 39.3 Å². The Hall–Kier alpha value is -16.2. The highest BCUT2D eigenvalue weighted by Crippen LogP contribution is 2.53. The van der Waals surface area contributed by atoms with E-state index in [4.69, 9.17) is 0 Å². The Bertz CT molecular complexity index is 8700. The maximum atomic E-state index is 2.51. The van der Waals surface area contributed by atoms with E-state index in [2.05, 4.69) is 512 Å². The molecule has 0 radical (unpaired) electrons. The van der Waals surface area contributed by atoms with Crippen LogP contribution >= 0.6 is 0 Å². The first kappa shape index (κ1) is 81.8. The first-order chi connectivity index (χ1) is 66.7. The summed E-state index contributed by atoms with van der Waals surface area (Å²) in [4.78, 5) is 0. The van der Waals surface area contributed by atoms with Crippen LogP contribution in [0.5, 0.6) is 0 Å². The molecule has 26 rings (SSSR count). The van der Waals surface area contributed by atoms with Gasteiger partial charge in [-0.05, 0) is 311 Å². The summed E-state index contributed by atoms with van der Waals surface area (Å²) in [6, 6.07) is 178. The first-order valence-electron chi connectivity index (χ1n) is 47.8. The Kier molecular flexibility index (Phi) is 19.8. The summed E-state index contributed by atoms with van der Waals surface area (Å²) in [5.74, 6) is 0. The molecule has 0 heterocycles. The number of hydrogen-bond donors (Lipinski definition) is 0. The molecule has 0 N–H and O–H groups in total. The van der Waals surface area contributed by atoms with Crippen LogP contribution in [0, 0.1) is 0 Å². The van der Waals surface area contributed by atoms with Crippen LogP contribution in [-0.4, -0.2) is 16.1 Å². The molecule has 0 aliphatic heterocycles. The molecule has 26 aromatic rings. The molecule has 0 fully saturated rings. The molecule has 26 aromatic carbocycles. The second-order valence-corrected chi connectivity index (χ2v) is 49.3. The molecular weight excluding hydrogens is 1670 g/mol. The molecule has 0 saturated carbocycles. The van der Waals surface area contributed by atoms with Gasteiger partial charge in [0.05, 0.1) is 16.1 Å². The molecule has 0 atom stereocenters. The lowest BCUT2D eigenvalue weighted by molar-refractivity contribution is 1.61. The van der Waals surface area contributed by atoms with Gasteiger partial charge in [0.15, 0.2) is 0 Å². The molecule has 0 aromatic heterocycles. The molecule has 0 saturated heterocycles. The first-order valence-corrected chi connectivity index (χ1v) is 54.8. The number of benzene rings is 26. The summed E-state index contributed by atoms with van der Waals surface area (Å²) in [7, 11) is -3.37. The fraction of sp³-hybridized carbons (Fsp3) is 0.0448. The van der Waals surface area contributed by atoms with E-state index in [1.54, 1.807) is 0 Å². The van der Waals surface area contributed by atoms with E-state index in [-0.39, 0.29) is 0 Å². The predicted molar refractivity (Wildman–Crippen MR) is 597 cm³/mol. The van der Waals surface area contributed by atoms with Gasteiger partial charge in [-0.15, -0.1) is 0 Å². The van der Waals surface area contributed by atoms with Crippen molar-refractivity contribution in [1.29, 1.82) is 0 Å². The summed E-state index contributed by atoms with van der Waals surface area (Å²) in [5.41, 5.74) is 29.6. The third kappa shape index (κ3) is 14.3. The monoisotopic (exact) mass is 1760 g/mol. The molecular formula is C134H96Si2. The molecule has 0 aliphatic rings. The van der Waals surface area contributed by atoms with Crippen LogP contribution in [0.15, 0.2) is 473 Å². The van der Waals surface area contributed by atoms with Crippen LogP contribution in [0.2, 0.25) is 39.3 Å². The molecule has 0 unspecified atom stereocenters. The molecule has 2 heteroatoms. The summed E-state index contributed by atoms with van der Waals surface area (Å²) in [6.45, 7) is 14.8. The van der Waals surface area contributed by atoms with E-state index in [9.17, 15) is 0 Å². The molecule has 0 bridgehead atoms. The standard InChI is InChI=1S/C74H58Si2.C60H38/c1-75(2,3)71-41-39-59(57-19-11-13-21-61(57)71)69-45-67(51-29-23-49(24-30-51)55-33-27-47-15-7-9-17-53(47)43-55)63-36-38-66-70(60-40-42-72(76(4,5)6)62-22-14-12-20-58(60)62)46-68(64-35-37-65(69)73(63)74(64)66)52-31-25-50(26-32-52)56-34-28-48-16-8-10-18-54(48)44-56;1-3-13-43(14-4-1)55-37-57(45-25-19-41(20-26-45)49-29-23-39-11-7-9-17-47(39)35-49)53-34-32-52-56(44-15-5-2-6-16-44)38-58(54-33-31-51(55)59(53)60(52)54)46-27-21-42(22-28-46)50-30-24-40-12-8-10-18-48(40)36-50/h7-46H,1-6H3;1-38H. The largest absolute Gasteiger partial charge is 0.0784 e. The van der Waals surface area contributed by atoms with Crippen molar-refractivity contribution in [3.05, 3.63) is 473 Å². The zero-order valence-electron chi connectivity index (χ0n) is 77.0. The van der Waals surface area contributed by atoms with Crippen LogP contribution in [0.25, 0.3) is 263 Å². The van der Waals surface area contributed by atoms with Crippen LogP contribution in [0.3, 0.4) is 0 Å². The Morgan fingerprint density at radius 3 is 0.551 bits per heavy atom. The average Bonchev–Trinajstić information content (AvgIpc) is 0.703. The lowest BCUT2D eigenvalue weighted by Gasteiger charge is -2.24. The van der Waals surface area contributed by atoms with Crippen molar-refractivity contribution >= 4 is 156 Å². The smallest absolute Gasteiger partial charge is 0.0656 e. The van der Waals surface area contributed by atoms with Crippen molar-refractivity contribution in [3.63, 3.8) is 0 Å². The summed E-state index contributed by atoms with van der Waals surface area (Å²) < 4.78 is 0. The van der Waals surface area contributed by atoms with E-state index in [0.29, 0.717) is 0 Å². The zero-order valence-corrected chi connectivity index (χ0v) is 79.0. The van der Waals surface area contributed by atoms with Crippen molar-refractivity contribution in [2.75, 3.05) is 0 Å². The average molecular weight is 1760 g/mol. The second-order valence-electron chi connectivity index (χ2n) is 39.2. The Labute approximate surface area is 795 Å². The van der Waals surface area contributed by atoms with Crippen LogP contribution in [-0.2, 0) is 0 Å². The van der Waals surface area contributed by atoms with Gasteiger partial charge in [-0.2, -0.15) is 0 Å². The van der Waals surface area contributed by atoms with Crippen LogP contribution in [0.4, 0.5) is 0 Å². The van der Waals surface area contributed by atoms with Gasteiger partial charge in [-0.1, -0.05) is 474 Å². The third-order valence-electron chi connectivity index (χ3n) is 29.1. The minimum atomic E-state index is -1.68. The lowest BCUT2D eigenvalue weighted by atomic mass is 9.81. The van der Waals surface area contributed by atoms with Gasteiger partial charge in [-0.3, -0.25) is 0 Å². The van der Waals surface area contributed by atoms with Gasteiger partial charge in [0, 0.05) is 0 Å².